The number of alkyl halides is 1. The molecule has 1 aliphatic heterocycles. The normalized spacial score (nSPS) is 15.3. The Kier molecular flexibility index (Phi) is 3.73. The molecule has 1 atom stereocenters. The van der Waals surface area contributed by atoms with Crippen molar-refractivity contribution in [1.29, 1.82) is 0 Å². The molecular formula is C18H18ClNO. The van der Waals surface area contributed by atoms with Crippen LogP contribution >= 0.6 is 11.6 Å². The Morgan fingerprint density at radius 3 is 2.71 bits per heavy atom. The Balaban J connectivity index is 2.00. The van der Waals surface area contributed by atoms with Crippen LogP contribution in [0.2, 0.25) is 0 Å². The van der Waals surface area contributed by atoms with Crippen molar-refractivity contribution in [3.8, 4) is 0 Å². The summed E-state index contributed by atoms with van der Waals surface area (Å²) in [6.07, 6.45) is 0.887. The van der Waals surface area contributed by atoms with Crippen LogP contribution in [0.25, 0.3) is 0 Å². The second kappa shape index (κ2) is 5.53. The van der Waals surface area contributed by atoms with E-state index in [1.807, 2.05) is 18.2 Å². The van der Waals surface area contributed by atoms with Gasteiger partial charge in [0.1, 0.15) is 0 Å². The van der Waals surface area contributed by atoms with Gasteiger partial charge in [0, 0.05) is 12.1 Å². The van der Waals surface area contributed by atoms with E-state index < -0.39 is 0 Å². The van der Waals surface area contributed by atoms with Gasteiger partial charge in [0.25, 0.3) is 5.91 Å². The van der Waals surface area contributed by atoms with Gasteiger partial charge in [0.05, 0.1) is 5.38 Å². The minimum atomic E-state index is -0.231. The predicted molar refractivity (Wildman–Crippen MR) is 86.1 cm³/mol. The monoisotopic (exact) mass is 299 g/mol. The Morgan fingerprint density at radius 2 is 1.95 bits per heavy atom. The lowest BCUT2D eigenvalue weighted by molar-refractivity contribution is 0.0946. The maximum atomic E-state index is 12.0. The topological polar surface area (TPSA) is 29.1 Å². The molecule has 0 radical (unpaired) electrons. The summed E-state index contributed by atoms with van der Waals surface area (Å²) in [5.41, 5.74) is 6.33. The highest BCUT2D eigenvalue weighted by atomic mass is 35.5. The predicted octanol–water partition coefficient (Wildman–Crippen LogP) is 3.92. The van der Waals surface area contributed by atoms with Crippen molar-refractivity contribution in [3.63, 3.8) is 0 Å². The van der Waals surface area contributed by atoms with Crippen molar-refractivity contribution in [2.75, 3.05) is 6.54 Å². The first kappa shape index (κ1) is 14.2. The van der Waals surface area contributed by atoms with Gasteiger partial charge in [-0.2, -0.15) is 0 Å². The quantitative estimate of drug-likeness (QED) is 0.837. The Morgan fingerprint density at radius 1 is 1.14 bits per heavy atom. The number of halogens is 1. The largest absolute Gasteiger partial charge is 0.352 e. The number of aryl methyl sites for hydroxylation is 2. The van der Waals surface area contributed by atoms with Crippen LogP contribution in [0.4, 0.5) is 0 Å². The van der Waals surface area contributed by atoms with Crippen LogP contribution in [0.3, 0.4) is 0 Å². The minimum Gasteiger partial charge on any atom is -0.352 e. The first-order valence-electron chi connectivity index (χ1n) is 7.18. The summed E-state index contributed by atoms with van der Waals surface area (Å²) in [6, 6.07) is 12.3. The summed E-state index contributed by atoms with van der Waals surface area (Å²) in [4.78, 5) is 12.0. The van der Waals surface area contributed by atoms with Gasteiger partial charge in [-0.25, -0.2) is 0 Å². The molecular weight excluding hydrogens is 282 g/mol. The summed E-state index contributed by atoms with van der Waals surface area (Å²) in [5.74, 6) is 0.00240. The number of rotatable bonds is 2. The molecule has 21 heavy (non-hydrogen) atoms. The standard InChI is InChI=1S/C18H18ClNO/c1-11-3-6-15(12(2)9-11)17(19)14-5-4-13-7-8-20-18(21)16(13)10-14/h3-6,9-10,17H,7-8H2,1-2H3,(H,20,21). The van der Waals surface area contributed by atoms with Gasteiger partial charge < -0.3 is 5.32 Å². The third kappa shape index (κ3) is 2.68. The first-order valence-corrected chi connectivity index (χ1v) is 7.62. The Labute approximate surface area is 130 Å². The molecule has 3 heteroatoms. The van der Waals surface area contributed by atoms with Crippen molar-refractivity contribution in [2.24, 2.45) is 0 Å². The van der Waals surface area contributed by atoms with Crippen LogP contribution < -0.4 is 5.32 Å². The highest BCUT2D eigenvalue weighted by molar-refractivity contribution is 6.22. The molecule has 0 saturated heterocycles. The fraction of sp³-hybridized carbons (Fsp3) is 0.278. The maximum absolute atomic E-state index is 12.0. The average Bonchev–Trinajstić information content (AvgIpc) is 2.47. The molecule has 1 heterocycles. The second-order valence-electron chi connectivity index (χ2n) is 5.65. The molecule has 0 spiro atoms. The molecule has 2 nitrogen and oxygen atoms in total. The molecule has 2 aromatic carbocycles. The van der Waals surface area contributed by atoms with Crippen LogP contribution in [0.5, 0.6) is 0 Å². The number of benzene rings is 2. The summed E-state index contributed by atoms with van der Waals surface area (Å²) < 4.78 is 0. The van der Waals surface area contributed by atoms with E-state index in [-0.39, 0.29) is 11.3 Å². The third-order valence-corrected chi connectivity index (χ3v) is 4.54. The van der Waals surface area contributed by atoms with E-state index in [0.29, 0.717) is 6.54 Å². The number of carbonyl (C=O) groups excluding carboxylic acids is 1. The van der Waals surface area contributed by atoms with E-state index in [4.69, 9.17) is 11.6 Å². The molecule has 1 N–H and O–H groups in total. The van der Waals surface area contributed by atoms with Gasteiger partial charge in [-0.15, -0.1) is 11.6 Å². The van der Waals surface area contributed by atoms with Gasteiger partial charge in [-0.3, -0.25) is 4.79 Å². The second-order valence-corrected chi connectivity index (χ2v) is 6.08. The Hall–Kier alpha value is -1.80. The number of hydrogen-bond donors (Lipinski definition) is 1. The van der Waals surface area contributed by atoms with Crippen LogP contribution in [0, 0.1) is 13.8 Å². The number of carbonyl (C=O) groups is 1. The molecule has 0 aromatic heterocycles. The van der Waals surface area contributed by atoms with E-state index in [1.54, 1.807) is 0 Å². The van der Waals surface area contributed by atoms with Crippen molar-refractivity contribution in [1.82, 2.24) is 5.32 Å². The molecule has 0 fully saturated rings. The van der Waals surface area contributed by atoms with Gasteiger partial charge in [-0.05, 0) is 48.6 Å². The minimum absolute atomic E-state index is 0.00240. The van der Waals surface area contributed by atoms with Crippen LogP contribution in [-0.4, -0.2) is 12.5 Å². The number of hydrogen-bond acceptors (Lipinski definition) is 1. The highest BCUT2D eigenvalue weighted by Gasteiger charge is 2.20. The van der Waals surface area contributed by atoms with E-state index in [0.717, 1.165) is 28.7 Å². The molecule has 0 saturated carbocycles. The van der Waals surface area contributed by atoms with Gasteiger partial charge in [0.2, 0.25) is 0 Å². The van der Waals surface area contributed by atoms with E-state index >= 15 is 0 Å². The molecule has 3 rings (SSSR count). The van der Waals surface area contributed by atoms with Crippen LogP contribution in [-0.2, 0) is 6.42 Å². The highest BCUT2D eigenvalue weighted by Crippen LogP contribution is 2.32. The molecule has 0 bridgehead atoms. The van der Waals surface area contributed by atoms with E-state index in [9.17, 15) is 4.79 Å². The zero-order chi connectivity index (χ0) is 15.0. The van der Waals surface area contributed by atoms with Crippen molar-refractivity contribution in [2.45, 2.75) is 25.6 Å². The lowest BCUT2D eigenvalue weighted by Crippen LogP contribution is -2.31. The summed E-state index contributed by atoms with van der Waals surface area (Å²) in [5, 5.41) is 2.65. The van der Waals surface area contributed by atoms with E-state index in [2.05, 4.69) is 37.4 Å². The maximum Gasteiger partial charge on any atom is 0.251 e. The van der Waals surface area contributed by atoms with Gasteiger partial charge >= 0.3 is 0 Å². The number of amides is 1. The number of fused-ring (bicyclic) bond motifs is 1. The molecule has 1 amide bonds. The van der Waals surface area contributed by atoms with Gasteiger partial charge in [-0.1, -0.05) is 35.9 Å². The van der Waals surface area contributed by atoms with Crippen LogP contribution in [0.1, 0.15) is 43.6 Å². The zero-order valence-corrected chi connectivity index (χ0v) is 13.0. The van der Waals surface area contributed by atoms with Gasteiger partial charge in [0.15, 0.2) is 0 Å². The van der Waals surface area contributed by atoms with Crippen molar-refractivity contribution >= 4 is 17.5 Å². The molecule has 108 valence electrons. The van der Waals surface area contributed by atoms with Crippen LogP contribution in [0.15, 0.2) is 36.4 Å². The van der Waals surface area contributed by atoms with Crippen molar-refractivity contribution < 1.29 is 4.79 Å². The first-order chi connectivity index (χ1) is 10.1. The molecule has 2 aromatic rings. The fourth-order valence-electron chi connectivity index (χ4n) is 2.88. The smallest absolute Gasteiger partial charge is 0.251 e. The fourth-order valence-corrected chi connectivity index (χ4v) is 3.26. The number of nitrogens with one attached hydrogen (secondary N) is 1. The average molecular weight is 300 g/mol. The SMILES string of the molecule is Cc1ccc(C(Cl)c2ccc3c(c2)C(=O)NCC3)c(C)c1. The Bertz CT molecular complexity index is 708. The zero-order valence-electron chi connectivity index (χ0n) is 12.2. The van der Waals surface area contributed by atoms with Crippen molar-refractivity contribution in [3.05, 3.63) is 69.8 Å². The third-order valence-electron chi connectivity index (χ3n) is 4.05. The van der Waals surface area contributed by atoms with E-state index in [1.165, 1.54) is 11.1 Å². The molecule has 1 unspecified atom stereocenters. The summed E-state index contributed by atoms with van der Waals surface area (Å²) in [6.45, 7) is 4.86. The summed E-state index contributed by atoms with van der Waals surface area (Å²) >= 11 is 6.65. The molecule has 1 aliphatic rings. The summed E-state index contributed by atoms with van der Waals surface area (Å²) in [7, 11) is 0. The lowest BCUT2D eigenvalue weighted by Gasteiger charge is -2.19. The molecule has 0 aliphatic carbocycles. The lowest BCUT2D eigenvalue weighted by atomic mass is 9.93.